The molecule has 3 nitrogen and oxygen atoms in total. The molecule has 1 aromatic heterocycles. The molecule has 2 unspecified atom stereocenters. The van der Waals surface area contributed by atoms with Crippen molar-refractivity contribution in [3.05, 3.63) is 29.6 Å². The van der Waals surface area contributed by atoms with Crippen LogP contribution < -0.4 is 5.32 Å². The molecule has 2 heterocycles. The number of pyridine rings is 1. The fraction of sp³-hybridized carbons (Fsp3) is 0.500. The fourth-order valence-corrected chi connectivity index (χ4v) is 1.79. The molecule has 2 rings (SSSR count). The monoisotopic (exact) mass is 178 g/mol. The van der Waals surface area contributed by atoms with Crippen LogP contribution in [0.5, 0.6) is 0 Å². The lowest BCUT2D eigenvalue weighted by molar-refractivity contribution is 0.193. The lowest BCUT2D eigenvalue weighted by Crippen LogP contribution is -2.15. The van der Waals surface area contributed by atoms with Crippen LogP contribution in [0.25, 0.3) is 0 Å². The largest absolute Gasteiger partial charge is 0.392 e. The van der Waals surface area contributed by atoms with E-state index in [0.717, 1.165) is 6.42 Å². The lowest BCUT2D eigenvalue weighted by Gasteiger charge is -2.12. The Labute approximate surface area is 77.8 Å². The summed E-state index contributed by atoms with van der Waals surface area (Å²) in [6.07, 6.45) is 4.27. The summed E-state index contributed by atoms with van der Waals surface area (Å²) in [7, 11) is 0. The lowest BCUT2D eigenvalue weighted by atomic mass is 10.0. The minimum atomic E-state index is -0.204. The molecule has 0 aliphatic carbocycles. The minimum Gasteiger partial charge on any atom is -0.392 e. The summed E-state index contributed by atoms with van der Waals surface area (Å²) in [6, 6.07) is 2.28. The number of aryl methyl sites for hydroxylation is 1. The third-order valence-corrected chi connectivity index (χ3v) is 2.56. The van der Waals surface area contributed by atoms with Gasteiger partial charge in [-0.2, -0.15) is 0 Å². The second kappa shape index (κ2) is 3.44. The van der Waals surface area contributed by atoms with Crippen LogP contribution in [0.4, 0.5) is 0 Å². The van der Waals surface area contributed by atoms with E-state index in [1.807, 2.05) is 12.3 Å². The van der Waals surface area contributed by atoms with E-state index in [1.54, 1.807) is 6.20 Å². The predicted octanol–water partition coefficient (Wildman–Crippen LogP) is 0.785. The van der Waals surface area contributed by atoms with Crippen LogP contribution in [-0.4, -0.2) is 22.7 Å². The Morgan fingerprint density at radius 3 is 3.08 bits per heavy atom. The Hall–Kier alpha value is -0.930. The van der Waals surface area contributed by atoms with E-state index in [-0.39, 0.29) is 12.1 Å². The molecule has 0 bridgehead atoms. The zero-order valence-electron chi connectivity index (χ0n) is 7.70. The van der Waals surface area contributed by atoms with E-state index in [0.29, 0.717) is 6.54 Å². The van der Waals surface area contributed by atoms with Crippen LogP contribution in [0.2, 0.25) is 0 Å². The van der Waals surface area contributed by atoms with Crippen molar-refractivity contribution in [3.63, 3.8) is 0 Å². The summed E-state index contributed by atoms with van der Waals surface area (Å²) in [5, 5.41) is 12.6. The van der Waals surface area contributed by atoms with Crippen LogP contribution in [-0.2, 0) is 0 Å². The first-order valence-electron chi connectivity index (χ1n) is 4.59. The average Bonchev–Trinajstić information content (AvgIpc) is 2.53. The summed E-state index contributed by atoms with van der Waals surface area (Å²) in [5.74, 6) is 0. The second-order valence-electron chi connectivity index (χ2n) is 3.58. The van der Waals surface area contributed by atoms with Gasteiger partial charge in [0.1, 0.15) is 0 Å². The van der Waals surface area contributed by atoms with Crippen LogP contribution in [0.3, 0.4) is 0 Å². The van der Waals surface area contributed by atoms with Gasteiger partial charge in [0.15, 0.2) is 0 Å². The van der Waals surface area contributed by atoms with E-state index in [1.165, 1.54) is 11.1 Å². The van der Waals surface area contributed by atoms with Gasteiger partial charge in [-0.1, -0.05) is 0 Å². The number of nitrogens with one attached hydrogen (secondary N) is 1. The first kappa shape index (κ1) is 8.66. The number of aliphatic hydroxyl groups excluding tert-OH is 1. The van der Waals surface area contributed by atoms with Crippen molar-refractivity contribution in [2.75, 3.05) is 6.54 Å². The molecule has 1 aromatic rings. The maximum Gasteiger partial charge on any atom is 0.0682 e. The van der Waals surface area contributed by atoms with Gasteiger partial charge in [-0.05, 0) is 30.5 Å². The molecule has 13 heavy (non-hydrogen) atoms. The Morgan fingerprint density at radius 1 is 1.62 bits per heavy atom. The topological polar surface area (TPSA) is 45.2 Å². The molecule has 0 amide bonds. The van der Waals surface area contributed by atoms with Crippen LogP contribution in [0.1, 0.15) is 23.6 Å². The van der Waals surface area contributed by atoms with Gasteiger partial charge in [0.2, 0.25) is 0 Å². The summed E-state index contributed by atoms with van der Waals surface area (Å²) in [4.78, 5) is 4.09. The number of aliphatic hydroxyl groups is 1. The van der Waals surface area contributed by atoms with Gasteiger partial charge in [0.25, 0.3) is 0 Å². The van der Waals surface area contributed by atoms with Crippen molar-refractivity contribution in [1.29, 1.82) is 0 Å². The van der Waals surface area contributed by atoms with Gasteiger partial charge in [-0.3, -0.25) is 4.98 Å². The highest BCUT2D eigenvalue weighted by molar-refractivity contribution is 5.26. The summed E-state index contributed by atoms with van der Waals surface area (Å²) >= 11 is 0. The van der Waals surface area contributed by atoms with E-state index in [2.05, 4.69) is 17.2 Å². The first-order valence-corrected chi connectivity index (χ1v) is 4.59. The molecule has 0 radical (unpaired) electrons. The summed E-state index contributed by atoms with van der Waals surface area (Å²) < 4.78 is 0. The van der Waals surface area contributed by atoms with Gasteiger partial charge >= 0.3 is 0 Å². The summed E-state index contributed by atoms with van der Waals surface area (Å²) in [6.45, 7) is 2.77. The van der Waals surface area contributed by atoms with E-state index >= 15 is 0 Å². The Balaban J connectivity index is 2.21. The highest BCUT2D eigenvalue weighted by atomic mass is 16.3. The zero-order valence-corrected chi connectivity index (χ0v) is 7.70. The number of rotatable bonds is 1. The smallest absolute Gasteiger partial charge is 0.0682 e. The summed E-state index contributed by atoms with van der Waals surface area (Å²) in [5.41, 5.74) is 2.45. The minimum absolute atomic E-state index is 0.204. The van der Waals surface area contributed by atoms with Gasteiger partial charge in [0.05, 0.1) is 6.10 Å². The van der Waals surface area contributed by atoms with E-state index in [4.69, 9.17) is 0 Å². The van der Waals surface area contributed by atoms with Crippen molar-refractivity contribution < 1.29 is 5.11 Å². The normalized spacial score (nSPS) is 27.8. The first-order chi connectivity index (χ1) is 6.27. The zero-order chi connectivity index (χ0) is 9.26. The molecule has 70 valence electrons. The van der Waals surface area contributed by atoms with Crippen LogP contribution in [0, 0.1) is 6.92 Å². The number of nitrogens with zero attached hydrogens (tertiary/aromatic N) is 1. The number of hydrogen-bond donors (Lipinski definition) is 2. The molecule has 2 atom stereocenters. The molecule has 0 saturated carbocycles. The van der Waals surface area contributed by atoms with Crippen molar-refractivity contribution in [2.24, 2.45) is 0 Å². The number of hydrogen-bond acceptors (Lipinski definition) is 3. The van der Waals surface area contributed by atoms with E-state index < -0.39 is 0 Å². The van der Waals surface area contributed by atoms with Crippen LogP contribution >= 0.6 is 0 Å². The molecular formula is C10H14N2O. The second-order valence-corrected chi connectivity index (χ2v) is 3.58. The SMILES string of the molecule is Cc1ccncc1C1CC(O)CN1. The molecule has 0 aromatic carbocycles. The third kappa shape index (κ3) is 1.71. The van der Waals surface area contributed by atoms with Crippen molar-refractivity contribution >= 4 is 0 Å². The average molecular weight is 178 g/mol. The maximum atomic E-state index is 9.37. The molecule has 1 saturated heterocycles. The molecule has 2 N–H and O–H groups in total. The van der Waals surface area contributed by atoms with Crippen molar-refractivity contribution in [1.82, 2.24) is 10.3 Å². The van der Waals surface area contributed by atoms with Crippen molar-refractivity contribution in [2.45, 2.75) is 25.5 Å². The van der Waals surface area contributed by atoms with Gasteiger partial charge in [-0.15, -0.1) is 0 Å². The highest BCUT2D eigenvalue weighted by Crippen LogP contribution is 2.24. The number of β-amino-alcohol motifs (C(OH)–C–C–N with tert-alkyl or cyclic N) is 1. The van der Waals surface area contributed by atoms with E-state index in [9.17, 15) is 5.11 Å². The molecule has 0 spiro atoms. The van der Waals surface area contributed by atoms with Gasteiger partial charge in [-0.25, -0.2) is 0 Å². The van der Waals surface area contributed by atoms with Gasteiger partial charge in [0, 0.05) is 25.0 Å². The third-order valence-electron chi connectivity index (χ3n) is 2.56. The molecule has 3 heteroatoms. The molecular weight excluding hydrogens is 164 g/mol. The standard InChI is InChI=1S/C10H14N2O/c1-7-2-3-11-6-9(7)10-4-8(13)5-12-10/h2-3,6,8,10,12-13H,4-5H2,1H3. The highest BCUT2D eigenvalue weighted by Gasteiger charge is 2.24. The Bertz CT molecular complexity index is 301. The van der Waals surface area contributed by atoms with Gasteiger partial charge < -0.3 is 10.4 Å². The predicted molar refractivity (Wildman–Crippen MR) is 50.3 cm³/mol. The molecule has 1 aliphatic rings. The van der Waals surface area contributed by atoms with Crippen molar-refractivity contribution in [3.8, 4) is 0 Å². The fourth-order valence-electron chi connectivity index (χ4n) is 1.79. The Morgan fingerprint density at radius 2 is 2.46 bits per heavy atom. The Kier molecular flexibility index (Phi) is 2.29. The molecule has 1 aliphatic heterocycles. The quantitative estimate of drug-likeness (QED) is 0.668. The van der Waals surface area contributed by atoms with Crippen LogP contribution in [0.15, 0.2) is 18.5 Å². The maximum absolute atomic E-state index is 9.37. The number of aromatic nitrogens is 1. The molecule has 1 fully saturated rings.